The van der Waals surface area contributed by atoms with Gasteiger partial charge >= 0.3 is 5.69 Å². The van der Waals surface area contributed by atoms with E-state index in [0.717, 1.165) is 25.1 Å². The first-order valence-electron chi connectivity index (χ1n) is 5.25. The van der Waals surface area contributed by atoms with Crippen LogP contribution in [0.5, 0.6) is 5.75 Å². The summed E-state index contributed by atoms with van der Waals surface area (Å²) in [4.78, 5) is 10.3. The zero-order valence-electron chi connectivity index (χ0n) is 9.10. The highest BCUT2D eigenvalue weighted by atomic mass is 16.6. The summed E-state index contributed by atoms with van der Waals surface area (Å²) in [6.07, 6.45) is 1.07. The molecule has 1 heterocycles. The van der Waals surface area contributed by atoms with E-state index >= 15 is 0 Å². The Morgan fingerprint density at radius 1 is 1.56 bits per heavy atom. The smallest absolute Gasteiger partial charge is 0.310 e. The van der Waals surface area contributed by atoms with Crippen LogP contribution >= 0.6 is 0 Å². The maximum Gasteiger partial charge on any atom is 0.310 e. The molecule has 0 aromatic heterocycles. The quantitative estimate of drug-likeness (QED) is 0.624. The van der Waals surface area contributed by atoms with Gasteiger partial charge in [-0.15, -0.1) is 0 Å². The van der Waals surface area contributed by atoms with Crippen molar-refractivity contribution in [2.75, 3.05) is 20.2 Å². The number of rotatable bonds is 3. The van der Waals surface area contributed by atoms with Crippen molar-refractivity contribution < 1.29 is 9.66 Å². The zero-order chi connectivity index (χ0) is 11.5. The molecule has 0 spiro atoms. The van der Waals surface area contributed by atoms with E-state index in [1.165, 1.54) is 13.2 Å². The second kappa shape index (κ2) is 4.49. The van der Waals surface area contributed by atoms with Crippen molar-refractivity contribution in [1.29, 1.82) is 0 Å². The average molecular weight is 222 g/mol. The Morgan fingerprint density at radius 3 is 2.94 bits per heavy atom. The first-order valence-corrected chi connectivity index (χ1v) is 5.25. The van der Waals surface area contributed by atoms with Crippen molar-refractivity contribution in [2.24, 2.45) is 0 Å². The Bertz CT molecular complexity index is 400. The molecule has 0 saturated carbocycles. The van der Waals surface area contributed by atoms with Gasteiger partial charge in [0.05, 0.1) is 12.0 Å². The van der Waals surface area contributed by atoms with Crippen LogP contribution in [0.2, 0.25) is 0 Å². The normalized spacial score (nSPS) is 19.7. The van der Waals surface area contributed by atoms with E-state index in [2.05, 4.69) is 5.32 Å². The molecule has 1 aliphatic rings. The molecule has 86 valence electrons. The molecular formula is C11H14N2O3. The van der Waals surface area contributed by atoms with Crippen molar-refractivity contribution in [3.63, 3.8) is 0 Å². The average Bonchev–Trinajstić information content (AvgIpc) is 2.81. The molecule has 1 saturated heterocycles. The topological polar surface area (TPSA) is 64.4 Å². The molecule has 1 aliphatic heterocycles. The lowest BCUT2D eigenvalue weighted by molar-refractivity contribution is -0.385. The highest BCUT2D eigenvalue weighted by Gasteiger charge is 2.21. The van der Waals surface area contributed by atoms with Gasteiger partial charge in [-0.2, -0.15) is 0 Å². The summed E-state index contributed by atoms with van der Waals surface area (Å²) in [5.74, 6) is 0.782. The molecule has 1 aromatic rings. The summed E-state index contributed by atoms with van der Waals surface area (Å²) in [7, 11) is 1.46. The lowest BCUT2D eigenvalue weighted by atomic mass is 9.98. The molecule has 0 aliphatic carbocycles. The molecule has 1 fully saturated rings. The van der Waals surface area contributed by atoms with Crippen LogP contribution in [0.15, 0.2) is 18.2 Å². The number of nitrogens with zero attached hydrogens (tertiary/aromatic N) is 1. The molecule has 5 heteroatoms. The molecule has 5 nitrogen and oxygen atoms in total. The van der Waals surface area contributed by atoms with Crippen LogP contribution in [0.4, 0.5) is 5.69 Å². The minimum atomic E-state index is -0.421. The van der Waals surface area contributed by atoms with E-state index in [4.69, 9.17) is 4.74 Å². The SMILES string of the molecule is COc1cc(C2CCNC2)ccc1[N+](=O)[O-]. The van der Waals surface area contributed by atoms with Crippen LogP contribution < -0.4 is 10.1 Å². The zero-order valence-corrected chi connectivity index (χ0v) is 9.10. The second-order valence-electron chi connectivity index (χ2n) is 3.88. The molecule has 0 radical (unpaired) electrons. The van der Waals surface area contributed by atoms with E-state index in [0.29, 0.717) is 11.7 Å². The maximum atomic E-state index is 10.7. The van der Waals surface area contributed by atoms with Gasteiger partial charge < -0.3 is 10.1 Å². The highest BCUT2D eigenvalue weighted by molar-refractivity contribution is 5.49. The number of nitro benzene ring substituents is 1. The van der Waals surface area contributed by atoms with Crippen molar-refractivity contribution in [3.8, 4) is 5.75 Å². The van der Waals surface area contributed by atoms with Crippen LogP contribution in [0.3, 0.4) is 0 Å². The van der Waals surface area contributed by atoms with Crippen LogP contribution in [0.1, 0.15) is 17.9 Å². The summed E-state index contributed by atoms with van der Waals surface area (Å²) in [5.41, 5.74) is 1.13. The summed E-state index contributed by atoms with van der Waals surface area (Å²) in [5, 5.41) is 14.0. The minimum Gasteiger partial charge on any atom is -0.490 e. The lowest BCUT2D eigenvalue weighted by Crippen LogP contribution is -2.08. The molecule has 2 rings (SSSR count). The predicted molar refractivity (Wildman–Crippen MR) is 59.9 cm³/mol. The lowest BCUT2D eigenvalue weighted by Gasteiger charge is -2.10. The van der Waals surface area contributed by atoms with Crippen LogP contribution in [-0.2, 0) is 0 Å². The highest BCUT2D eigenvalue weighted by Crippen LogP contribution is 2.32. The second-order valence-corrected chi connectivity index (χ2v) is 3.88. The van der Waals surface area contributed by atoms with Crippen LogP contribution in [0.25, 0.3) is 0 Å². The first kappa shape index (κ1) is 10.9. The fourth-order valence-electron chi connectivity index (χ4n) is 2.04. The Hall–Kier alpha value is -1.62. The molecule has 1 atom stereocenters. The third kappa shape index (κ3) is 1.99. The van der Waals surface area contributed by atoms with Gasteiger partial charge in [0, 0.05) is 12.6 Å². The fourth-order valence-corrected chi connectivity index (χ4v) is 2.04. The van der Waals surface area contributed by atoms with Gasteiger partial charge in [-0.05, 0) is 30.5 Å². The Labute approximate surface area is 93.6 Å². The molecule has 1 N–H and O–H groups in total. The van der Waals surface area contributed by atoms with Crippen molar-refractivity contribution >= 4 is 5.69 Å². The number of hydrogen-bond donors (Lipinski definition) is 1. The van der Waals surface area contributed by atoms with Gasteiger partial charge in [0.15, 0.2) is 5.75 Å². The Kier molecular flexibility index (Phi) is 3.05. The number of benzene rings is 1. The van der Waals surface area contributed by atoms with Crippen molar-refractivity contribution in [3.05, 3.63) is 33.9 Å². The first-order chi connectivity index (χ1) is 7.72. The number of ether oxygens (including phenoxy) is 1. The molecule has 16 heavy (non-hydrogen) atoms. The van der Waals surface area contributed by atoms with Crippen LogP contribution in [-0.4, -0.2) is 25.1 Å². The van der Waals surface area contributed by atoms with Gasteiger partial charge in [0.25, 0.3) is 0 Å². The summed E-state index contributed by atoms with van der Waals surface area (Å²) < 4.78 is 5.04. The molecule has 0 bridgehead atoms. The summed E-state index contributed by atoms with van der Waals surface area (Å²) in [6.45, 7) is 1.94. The van der Waals surface area contributed by atoms with E-state index in [9.17, 15) is 10.1 Å². The van der Waals surface area contributed by atoms with Crippen molar-refractivity contribution in [1.82, 2.24) is 5.32 Å². The molecule has 1 aromatic carbocycles. The molecule has 0 amide bonds. The summed E-state index contributed by atoms with van der Waals surface area (Å²) >= 11 is 0. The fraction of sp³-hybridized carbons (Fsp3) is 0.455. The Balaban J connectivity index is 2.32. The predicted octanol–water partition coefficient (Wildman–Crippen LogP) is 1.68. The molecule has 1 unspecified atom stereocenters. The Morgan fingerprint density at radius 2 is 2.38 bits per heavy atom. The van der Waals surface area contributed by atoms with Crippen molar-refractivity contribution in [2.45, 2.75) is 12.3 Å². The largest absolute Gasteiger partial charge is 0.490 e. The number of nitro groups is 1. The third-order valence-corrected chi connectivity index (χ3v) is 2.93. The number of nitrogens with one attached hydrogen (secondary N) is 1. The van der Waals surface area contributed by atoms with Crippen LogP contribution in [0, 0.1) is 10.1 Å². The molecular weight excluding hydrogens is 208 g/mol. The standard InChI is InChI=1S/C11H14N2O3/c1-16-11-6-8(9-4-5-12-7-9)2-3-10(11)13(14)15/h2-3,6,9,12H,4-5,7H2,1H3. The summed E-state index contributed by atoms with van der Waals surface area (Å²) in [6, 6.07) is 5.11. The van der Waals surface area contributed by atoms with E-state index < -0.39 is 4.92 Å². The van der Waals surface area contributed by atoms with E-state index in [-0.39, 0.29) is 5.69 Å². The van der Waals surface area contributed by atoms with Gasteiger partial charge in [-0.25, -0.2) is 0 Å². The van der Waals surface area contributed by atoms with E-state index in [1.807, 2.05) is 6.07 Å². The minimum absolute atomic E-state index is 0.0252. The van der Waals surface area contributed by atoms with Gasteiger partial charge in [-0.1, -0.05) is 6.07 Å². The van der Waals surface area contributed by atoms with Gasteiger partial charge in [0.1, 0.15) is 0 Å². The van der Waals surface area contributed by atoms with Gasteiger partial charge in [-0.3, -0.25) is 10.1 Å². The number of hydrogen-bond acceptors (Lipinski definition) is 4. The number of methoxy groups -OCH3 is 1. The van der Waals surface area contributed by atoms with E-state index in [1.54, 1.807) is 6.07 Å². The third-order valence-electron chi connectivity index (χ3n) is 2.93. The monoisotopic (exact) mass is 222 g/mol. The maximum absolute atomic E-state index is 10.7. The van der Waals surface area contributed by atoms with Gasteiger partial charge in [0.2, 0.25) is 0 Å².